The predicted octanol–water partition coefficient (Wildman–Crippen LogP) is 2.70. The first-order chi connectivity index (χ1) is 8.16. The van der Waals surface area contributed by atoms with Crippen LogP contribution in [0.4, 0.5) is 0 Å². The Morgan fingerprint density at radius 2 is 1.88 bits per heavy atom. The Labute approximate surface area is 102 Å². The van der Waals surface area contributed by atoms with Crippen molar-refractivity contribution < 1.29 is 9.90 Å². The molecule has 0 bridgehead atoms. The largest absolute Gasteiger partial charge is 0.508 e. The van der Waals surface area contributed by atoms with E-state index in [4.69, 9.17) is 0 Å². The van der Waals surface area contributed by atoms with Gasteiger partial charge in [-0.15, -0.1) is 0 Å². The van der Waals surface area contributed by atoms with Crippen molar-refractivity contribution in [1.82, 2.24) is 5.32 Å². The highest BCUT2D eigenvalue weighted by molar-refractivity contribution is 5.94. The lowest BCUT2D eigenvalue weighted by atomic mass is 9.86. The van der Waals surface area contributed by atoms with Gasteiger partial charge < -0.3 is 10.4 Å². The summed E-state index contributed by atoms with van der Waals surface area (Å²) in [4.78, 5) is 12.0. The fourth-order valence-electron chi connectivity index (χ4n) is 2.40. The number of aromatic hydroxyl groups is 1. The van der Waals surface area contributed by atoms with Crippen molar-refractivity contribution in [2.24, 2.45) is 5.92 Å². The molecule has 2 N–H and O–H groups in total. The maximum Gasteiger partial charge on any atom is 0.251 e. The van der Waals surface area contributed by atoms with Gasteiger partial charge in [0.2, 0.25) is 0 Å². The summed E-state index contributed by atoms with van der Waals surface area (Å²) in [5, 5.41) is 12.3. The maximum atomic E-state index is 12.0. The Balaban J connectivity index is 1.98. The molecule has 1 aliphatic rings. The number of hydrogen-bond acceptors (Lipinski definition) is 2. The zero-order chi connectivity index (χ0) is 12.3. The minimum atomic E-state index is -0.0382. The monoisotopic (exact) mass is 233 g/mol. The highest BCUT2D eigenvalue weighted by Crippen LogP contribution is 2.24. The number of hydrogen-bond donors (Lipinski definition) is 2. The number of benzene rings is 1. The van der Waals surface area contributed by atoms with E-state index >= 15 is 0 Å². The van der Waals surface area contributed by atoms with E-state index in [0.29, 0.717) is 17.5 Å². The molecular weight excluding hydrogens is 214 g/mol. The molecule has 1 aromatic rings. The molecule has 3 nitrogen and oxygen atoms in total. The van der Waals surface area contributed by atoms with Crippen LogP contribution in [0.1, 0.15) is 43.0 Å². The Morgan fingerprint density at radius 3 is 2.53 bits per heavy atom. The van der Waals surface area contributed by atoms with Crippen LogP contribution in [0.3, 0.4) is 0 Å². The van der Waals surface area contributed by atoms with E-state index in [1.807, 2.05) is 0 Å². The Morgan fingerprint density at radius 1 is 1.24 bits per heavy atom. The van der Waals surface area contributed by atoms with E-state index in [1.54, 1.807) is 24.3 Å². The van der Waals surface area contributed by atoms with Crippen LogP contribution in [0.5, 0.6) is 5.75 Å². The number of phenolic OH excluding ortho intramolecular Hbond substituents is 1. The van der Waals surface area contributed by atoms with Crippen LogP contribution in [-0.2, 0) is 0 Å². The van der Waals surface area contributed by atoms with Gasteiger partial charge in [0.1, 0.15) is 5.75 Å². The van der Waals surface area contributed by atoms with Gasteiger partial charge in [-0.2, -0.15) is 0 Å². The lowest BCUT2D eigenvalue weighted by molar-refractivity contribution is 0.0910. The van der Waals surface area contributed by atoms with Crippen LogP contribution in [0, 0.1) is 5.92 Å². The second-order valence-corrected chi connectivity index (χ2v) is 4.89. The third-order valence-corrected chi connectivity index (χ3v) is 3.56. The van der Waals surface area contributed by atoms with Gasteiger partial charge in [0, 0.05) is 11.6 Å². The van der Waals surface area contributed by atoms with Crippen molar-refractivity contribution in [2.45, 2.75) is 38.6 Å². The molecule has 0 heterocycles. The molecule has 1 fully saturated rings. The summed E-state index contributed by atoms with van der Waals surface area (Å²) in [6.07, 6.45) is 4.74. The number of rotatable bonds is 2. The van der Waals surface area contributed by atoms with Crippen molar-refractivity contribution in [2.75, 3.05) is 0 Å². The molecule has 1 aromatic carbocycles. The topological polar surface area (TPSA) is 49.3 Å². The summed E-state index contributed by atoms with van der Waals surface area (Å²) >= 11 is 0. The smallest absolute Gasteiger partial charge is 0.251 e. The number of carbonyl (C=O) groups excluding carboxylic acids is 1. The van der Waals surface area contributed by atoms with E-state index in [-0.39, 0.29) is 11.7 Å². The second kappa shape index (κ2) is 5.21. The highest BCUT2D eigenvalue weighted by atomic mass is 16.3. The first-order valence-corrected chi connectivity index (χ1v) is 6.26. The van der Waals surface area contributed by atoms with Gasteiger partial charge in [-0.25, -0.2) is 0 Å². The molecule has 1 amide bonds. The van der Waals surface area contributed by atoms with Gasteiger partial charge >= 0.3 is 0 Å². The lowest BCUT2D eigenvalue weighted by Gasteiger charge is -2.29. The number of amides is 1. The minimum Gasteiger partial charge on any atom is -0.508 e. The Hall–Kier alpha value is -1.51. The van der Waals surface area contributed by atoms with Crippen LogP contribution in [0.25, 0.3) is 0 Å². The van der Waals surface area contributed by atoms with E-state index in [0.717, 1.165) is 6.42 Å². The van der Waals surface area contributed by atoms with Crippen molar-refractivity contribution >= 4 is 5.91 Å². The quantitative estimate of drug-likeness (QED) is 0.825. The number of nitrogens with one attached hydrogen (secondary N) is 1. The van der Waals surface area contributed by atoms with Crippen LogP contribution < -0.4 is 5.32 Å². The second-order valence-electron chi connectivity index (χ2n) is 4.89. The molecule has 0 radical (unpaired) electrons. The molecule has 2 atom stereocenters. The predicted molar refractivity (Wildman–Crippen MR) is 67.0 cm³/mol. The summed E-state index contributed by atoms with van der Waals surface area (Å²) in [7, 11) is 0. The molecule has 3 heteroatoms. The third-order valence-electron chi connectivity index (χ3n) is 3.56. The fourth-order valence-corrected chi connectivity index (χ4v) is 2.40. The number of phenols is 1. The summed E-state index contributed by atoms with van der Waals surface area (Å²) in [6.45, 7) is 2.20. The summed E-state index contributed by atoms with van der Waals surface area (Å²) in [6, 6.07) is 6.68. The van der Waals surface area contributed by atoms with Crippen LogP contribution in [0.15, 0.2) is 24.3 Å². The van der Waals surface area contributed by atoms with E-state index in [2.05, 4.69) is 12.2 Å². The van der Waals surface area contributed by atoms with Gasteiger partial charge in [0.05, 0.1) is 0 Å². The highest BCUT2D eigenvalue weighted by Gasteiger charge is 2.23. The molecule has 17 heavy (non-hydrogen) atoms. The Bertz CT molecular complexity index is 386. The van der Waals surface area contributed by atoms with Crippen molar-refractivity contribution in [3.05, 3.63) is 29.8 Å². The third kappa shape index (κ3) is 2.99. The molecule has 92 valence electrons. The minimum absolute atomic E-state index is 0.0382. The average molecular weight is 233 g/mol. The average Bonchev–Trinajstić information content (AvgIpc) is 2.33. The normalized spacial score (nSPS) is 24.3. The molecule has 2 unspecified atom stereocenters. The zero-order valence-corrected chi connectivity index (χ0v) is 10.1. The van der Waals surface area contributed by atoms with Gasteiger partial charge in [-0.3, -0.25) is 4.79 Å². The standard InChI is InChI=1S/C14H19NO2/c1-10-4-2-3-5-13(10)15-14(17)11-6-8-12(16)9-7-11/h6-10,13,16H,2-5H2,1H3,(H,15,17). The van der Waals surface area contributed by atoms with Crippen LogP contribution in [0.2, 0.25) is 0 Å². The zero-order valence-electron chi connectivity index (χ0n) is 10.1. The summed E-state index contributed by atoms with van der Waals surface area (Å²) in [5.41, 5.74) is 0.612. The first-order valence-electron chi connectivity index (χ1n) is 6.26. The van der Waals surface area contributed by atoms with Crippen LogP contribution in [-0.4, -0.2) is 17.1 Å². The SMILES string of the molecule is CC1CCCCC1NC(=O)c1ccc(O)cc1. The van der Waals surface area contributed by atoms with Gasteiger partial charge in [-0.05, 0) is 43.0 Å². The molecule has 1 aliphatic carbocycles. The molecule has 0 saturated heterocycles. The molecular formula is C14H19NO2. The van der Waals surface area contributed by atoms with E-state index in [1.165, 1.54) is 19.3 Å². The lowest BCUT2D eigenvalue weighted by Crippen LogP contribution is -2.41. The molecule has 1 saturated carbocycles. The van der Waals surface area contributed by atoms with Crippen molar-refractivity contribution in [3.8, 4) is 5.75 Å². The van der Waals surface area contributed by atoms with Gasteiger partial charge in [0.15, 0.2) is 0 Å². The Kier molecular flexibility index (Phi) is 3.67. The fraction of sp³-hybridized carbons (Fsp3) is 0.500. The molecule has 2 rings (SSSR count). The summed E-state index contributed by atoms with van der Waals surface area (Å²) in [5.74, 6) is 0.709. The van der Waals surface area contributed by atoms with Crippen molar-refractivity contribution in [1.29, 1.82) is 0 Å². The van der Waals surface area contributed by atoms with Crippen LogP contribution >= 0.6 is 0 Å². The molecule has 0 spiro atoms. The number of carbonyl (C=O) groups is 1. The van der Waals surface area contributed by atoms with E-state index in [9.17, 15) is 9.90 Å². The molecule has 0 aromatic heterocycles. The van der Waals surface area contributed by atoms with E-state index < -0.39 is 0 Å². The maximum absolute atomic E-state index is 12.0. The first kappa shape index (κ1) is 12.0. The molecule has 0 aliphatic heterocycles. The van der Waals surface area contributed by atoms with Gasteiger partial charge in [0.25, 0.3) is 5.91 Å². The summed E-state index contributed by atoms with van der Waals surface area (Å²) < 4.78 is 0. The van der Waals surface area contributed by atoms with Gasteiger partial charge in [-0.1, -0.05) is 19.8 Å². The van der Waals surface area contributed by atoms with Crippen molar-refractivity contribution in [3.63, 3.8) is 0 Å².